The molecule has 0 bridgehead atoms. The van der Waals surface area contributed by atoms with E-state index in [9.17, 15) is 0 Å². The second kappa shape index (κ2) is 9.56. The van der Waals surface area contributed by atoms with Gasteiger partial charge in [-0.25, -0.2) is 0 Å². The molecule has 94 valence electrons. The maximum atomic E-state index is 4.81. The van der Waals surface area contributed by atoms with Crippen LogP contribution in [0.15, 0.2) is 48.8 Å². The molecule has 0 aliphatic carbocycles. The first kappa shape index (κ1) is 14.6. The third-order valence-electron chi connectivity index (χ3n) is 2.09. The van der Waals surface area contributed by atoms with Crippen molar-refractivity contribution in [2.75, 3.05) is 0 Å². The van der Waals surface area contributed by atoms with E-state index >= 15 is 0 Å². The summed E-state index contributed by atoms with van der Waals surface area (Å²) < 4.78 is 0. The van der Waals surface area contributed by atoms with Crippen molar-refractivity contribution < 1.29 is 15.9 Å². The summed E-state index contributed by atoms with van der Waals surface area (Å²) in [5.41, 5.74) is 2.25. The van der Waals surface area contributed by atoms with Gasteiger partial charge in [-0.15, -0.1) is 0 Å². The Morgan fingerprint density at radius 2 is 1.24 bits per heavy atom. The van der Waals surface area contributed by atoms with Crippen LogP contribution in [0.4, 0.5) is 0 Å². The number of hydrogen-bond acceptors (Lipinski definition) is 2. The molecule has 2 aromatic rings. The van der Waals surface area contributed by atoms with Crippen LogP contribution in [0.25, 0.3) is 0 Å². The molecule has 0 aliphatic heterocycles. The fourth-order valence-electron chi connectivity index (χ4n) is 1.35. The molecule has 0 aliphatic rings. The molecular formula is C12H12Cl2N2Pd. The van der Waals surface area contributed by atoms with Gasteiger partial charge in [-0.1, -0.05) is 12.1 Å². The minimum absolute atomic E-state index is 0.106. The van der Waals surface area contributed by atoms with Crippen LogP contribution in [-0.4, -0.2) is 9.97 Å². The Hall–Kier alpha value is -0.458. The van der Waals surface area contributed by atoms with Gasteiger partial charge < -0.3 is 0 Å². The fraction of sp³-hybridized carbons (Fsp3) is 0.167. The smallest absolute Gasteiger partial charge is 0.0407 e. The zero-order valence-corrected chi connectivity index (χ0v) is 12.1. The molecule has 0 atom stereocenters. The zero-order chi connectivity index (χ0) is 12.3. The molecule has 2 aromatic heterocycles. The van der Waals surface area contributed by atoms with E-state index in [1.54, 1.807) is 0 Å². The van der Waals surface area contributed by atoms with E-state index < -0.39 is 0 Å². The van der Waals surface area contributed by atoms with Gasteiger partial charge in [0.1, 0.15) is 0 Å². The van der Waals surface area contributed by atoms with Crippen LogP contribution in [0.5, 0.6) is 0 Å². The molecule has 17 heavy (non-hydrogen) atoms. The normalized spacial score (nSPS) is 9.53. The van der Waals surface area contributed by atoms with Crippen molar-refractivity contribution in [2.24, 2.45) is 0 Å². The van der Waals surface area contributed by atoms with Crippen molar-refractivity contribution in [1.29, 1.82) is 0 Å². The summed E-state index contributed by atoms with van der Waals surface area (Å²) in [5, 5.41) is 0. The van der Waals surface area contributed by atoms with E-state index in [1.807, 2.05) is 48.8 Å². The summed E-state index contributed by atoms with van der Waals surface area (Å²) in [6.07, 6.45) is 5.57. The second-order valence-electron chi connectivity index (χ2n) is 3.19. The average molecular weight is 362 g/mol. The quantitative estimate of drug-likeness (QED) is 0.780. The van der Waals surface area contributed by atoms with Crippen molar-refractivity contribution in [1.82, 2.24) is 9.97 Å². The molecule has 0 spiro atoms. The van der Waals surface area contributed by atoms with E-state index in [4.69, 9.17) is 19.1 Å². The van der Waals surface area contributed by atoms with E-state index in [1.165, 1.54) is 0 Å². The van der Waals surface area contributed by atoms with E-state index in [0.717, 1.165) is 24.2 Å². The third kappa shape index (κ3) is 6.75. The van der Waals surface area contributed by atoms with Crippen molar-refractivity contribution in [3.63, 3.8) is 0 Å². The summed E-state index contributed by atoms with van der Waals surface area (Å²) in [4.78, 5) is 8.53. The summed E-state index contributed by atoms with van der Waals surface area (Å²) >= 11 is -0.106. The molecule has 0 unspecified atom stereocenters. The monoisotopic (exact) mass is 360 g/mol. The van der Waals surface area contributed by atoms with Crippen LogP contribution in [0.1, 0.15) is 11.4 Å². The molecule has 2 heterocycles. The van der Waals surface area contributed by atoms with Crippen molar-refractivity contribution in [3.05, 3.63) is 60.2 Å². The summed E-state index contributed by atoms with van der Waals surface area (Å²) in [5.74, 6) is 0. The molecule has 0 saturated carbocycles. The SMILES string of the molecule is [Cl][Pd][Cl].c1ccc(CCc2ccccn2)nc1. The fourth-order valence-corrected chi connectivity index (χ4v) is 1.35. The minimum atomic E-state index is -0.106. The summed E-state index contributed by atoms with van der Waals surface area (Å²) in [7, 11) is 9.63. The van der Waals surface area contributed by atoms with Gasteiger partial charge >= 0.3 is 35.0 Å². The van der Waals surface area contributed by atoms with Crippen LogP contribution < -0.4 is 0 Å². The van der Waals surface area contributed by atoms with E-state index in [2.05, 4.69) is 9.97 Å². The van der Waals surface area contributed by atoms with Gasteiger partial charge in [0, 0.05) is 23.8 Å². The molecule has 5 heteroatoms. The van der Waals surface area contributed by atoms with Crippen molar-refractivity contribution >= 4 is 19.1 Å². The first-order valence-electron chi connectivity index (χ1n) is 4.99. The number of aromatic nitrogens is 2. The predicted molar refractivity (Wildman–Crippen MR) is 67.6 cm³/mol. The number of hydrogen-bond donors (Lipinski definition) is 0. The number of aryl methyl sites for hydroxylation is 2. The first-order valence-corrected chi connectivity index (χ1v) is 8.99. The Balaban J connectivity index is 0.000000437. The zero-order valence-electron chi connectivity index (χ0n) is 9.00. The molecule has 0 aromatic carbocycles. The van der Waals surface area contributed by atoms with Crippen LogP contribution >= 0.6 is 19.1 Å². The molecule has 0 radical (unpaired) electrons. The van der Waals surface area contributed by atoms with Crippen molar-refractivity contribution in [2.45, 2.75) is 12.8 Å². The third-order valence-corrected chi connectivity index (χ3v) is 2.09. The molecule has 2 rings (SSSR count). The summed E-state index contributed by atoms with van der Waals surface area (Å²) in [6.45, 7) is 0. The minimum Gasteiger partial charge on any atom is -0.261 e. The van der Waals surface area contributed by atoms with Gasteiger partial charge in [-0.3, -0.25) is 9.97 Å². The van der Waals surface area contributed by atoms with Gasteiger partial charge in [-0.05, 0) is 37.1 Å². The largest absolute Gasteiger partial charge is 0.261 e. The van der Waals surface area contributed by atoms with Crippen LogP contribution in [-0.2, 0) is 28.8 Å². The summed E-state index contributed by atoms with van der Waals surface area (Å²) in [6, 6.07) is 12.0. The Morgan fingerprint density at radius 1 is 0.824 bits per heavy atom. The maximum absolute atomic E-state index is 4.81. The molecule has 0 saturated heterocycles. The number of rotatable bonds is 3. The number of nitrogens with zero attached hydrogens (tertiary/aromatic N) is 2. The molecule has 0 amide bonds. The van der Waals surface area contributed by atoms with Gasteiger partial charge in [0.25, 0.3) is 0 Å². The Bertz CT molecular complexity index is 358. The topological polar surface area (TPSA) is 25.8 Å². The van der Waals surface area contributed by atoms with E-state index in [-0.39, 0.29) is 15.9 Å². The van der Waals surface area contributed by atoms with Gasteiger partial charge in [0.05, 0.1) is 0 Å². The molecular weight excluding hydrogens is 349 g/mol. The van der Waals surface area contributed by atoms with Crippen LogP contribution in [0.2, 0.25) is 0 Å². The average Bonchev–Trinajstić information content (AvgIpc) is 2.40. The van der Waals surface area contributed by atoms with Crippen molar-refractivity contribution in [3.8, 4) is 0 Å². The maximum Gasteiger partial charge on any atom is 0.0407 e. The predicted octanol–water partition coefficient (Wildman–Crippen LogP) is 3.64. The number of pyridine rings is 2. The van der Waals surface area contributed by atoms with Gasteiger partial charge in [-0.2, -0.15) is 0 Å². The second-order valence-corrected chi connectivity index (χ2v) is 5.55. The Labute approximate surface area is 118 Å². The molecule has 0 N–H and O–H groups in total. The standard InChI is InChI=1S/C12H12N2.2ClH.Pd/c1-3-9-13-11(5-1)7-8-12-6-2-4-10-14-12;;;/h1-6,9-10H,7-8H2;2*1H;/q;;;+2/p-2. The first-order chi connectivity index (χ1) is 8.36. The molecule has 2 nitrogen and oxygen atoms in total. The Morgan fingerprint density at radius 3 is 1.53 bits per heavy atom. The molecule has 0 fully saturated rings. The Kier molecular flexibility index (Phi) is 8.21. The number of halogens is 2. The van der Waals surface area contributed by atoms with Crippen LogP contribution in [0.3, 0.4) is 0 Å². The van der Waals surface area contributed by atoms with Crippen LogP contribution in [0, 0.1) is 0 Å². The van der Waals surface area contributed by atoms with Gasteiger partial charge in [0.2, 0.25) is 0 Å². The van der Waals surface area contributed by atoms with E-state index in [0.29, 0.717) is 0 Å². The van der Waals surface area contributed by atoms with Gasteiger partial charge in [0.15, 0.2) is 0 Å².